The van der Waals surface area contributed by atoms with Crippen LogP contribution in [0.5, 0.6) is 0 Å². The molecule has 0 bridgehead atoms. The van der Waals surface area contributed by atoms with Crippen LogP contribution in [0.15, 0.2) is 24.3 Å². The van der Waals surface area contributed by atoms with Crippen molar-refractivity contribution in [2.24, 2.45) is 0 Å². The molecule has 0 spiro atoms. The van der Waals surface area contributed by atoms with Crippen LogP contribution >= 0.6 is 0 Å². The third kappa shape index (κ3) is 4.42. The Labute approximate surface area is 99.1 Å². The molecule has 0 atom stereocenters. The molecule has 0 aromatic heterocycles. The van der Waals surface area contributed by atoms with Crippen molar-refractivity contribution in [1.82, 2.24) is 5.32 Å². The monoisotopic (exact) mass is 237 g/mol. The largest absolute Gasteiger partial charge is 0.465 e. The average molecular weight is 237 g/mol. The van der Waals surface area contributed by atoms with Gasteiger partial charge >= 0.3 is 12.0 Å². The molecule has 0 saturated heterocycles. The van der Waals surface area contributed by atoms with Gasteiger partial charge < -0.3 is 21.1 Å². The molecule has 0 aliphatic heterocycles. The molecule has 1 aromatic rings. The summed E-state index contributed by atoms with van der Waals surface area (Å²) in [5, 5.41) is 4.89. The average Bonchev–Trinajstić information content (AvgIpc) is 2.30. The maximum absolute atomic E-state index is 11.4. The van der Waals surface area contributed by atoms with Crippen LogP contribution in [0.3, 0.4) is 0 Å². The quantitative estimate of drug-likeness (QED) is 0.537. The van der Waals surface area contributed by atoms with E-state index in [0.29, 0.717) is 11.4 Å². The Morgan fingerprint density at radius 1 is 1.35 bits per heavy atom. The highest BCUT2D eigenvalue weighted by Crippen LogP contribution is 2.15. The molecule has 6 nitrogen and oxygen atoms in total. The van der Waals surface area contributed by atoms with Crippen molar-refractivity contribution in [1.29, 1.82) is 0 Å². The van der Waals surface area contributed by atoms with Crippen molar-refractivity contribution in [2.45, 2.75) is 6.92 Å². The van der Waals surface area contributed by atoms with Crippen molar-refractivity contribution in [2.75, 3.05) is 24.2 Å². The van der Waals surface area contributed by atoms with E-state index in [1.165, 1.54) is 0 Å². The van der Waals surface area contributed by atoms with Crippen molar-refractivity contribution in [3.63, 3.8) is 0 Å². The summed E-state index contributed by atoms with van der Waals surface area (Å²) < 4.78 is 4.66. The molecular weight excluding hydrogens is 222 g/mol. The third-order valence-electron chi connectivity index (χ3n) is 1.91. The molecule has 6 heteroatoms. The van der Waals surface area contributed by atoms with E-state index in [9.17, 15) is 9.59 Å². The zero-order valence-corrected chi connectivity index (χ0v) is 9.53. The Hall–Kier alpha value is -2.24. The predicted octanol–water partition coefficient (Wildman–Crippen LogP) is 0.953. The van der Waals surface area contributed by atoms with Gasteiger partial charge in [-0.2, -0.15) is 0 Å². The third-order valence-corrected chi connectivity index (χ3v) is 1.91. The van der Waals surface area contributed by atoms with E-state index >= 15 is 0 Å². The number of urea groups is 1. The maximum Gasteiger partial charge on any atom is 0.325 e. The van der Waals surface area contributed by atoms with E-state index in [4.69, 9.17) is 5.73 Å². The molecule has 1 rings (SSSR count). The van der Waals surface area contributed by atoms with Crippen LogP contribution < -0.4 is 16.4 Å². The van der Waals surface area contributed by atoms with Crippen LogP contribution in [0.25, 0.3) is 0 Å². The molecule has 1 aromatic carbocycles. The molecule has 17 heavy (non-hydrogen) atoms. The summed E-state index contributed by atoms with van der Waals surface area (Å²) in [6.07, 6.45) is 0. The van der Waals surface area contributed by atoms with Crippen molar-refractivity contribution in [3.05, 3.63) is 24.3 Å². The second-order valence-corrected chi connectivity index (χ2v) is 3.20. The fraction of sp³-hybridized carbons (Fsp3) is 0.273. The number of carbonyl (C=O) groups is 2. The lowest BCUT2D eigenvalue weighted by Gasteiger charge is -2.08. The number of esters is 1. The lowest BCUT2D eigenvalue weighted by Crippen LogP contribution is -2.34. The maximum atomic E-state index is 11.4. The number of hydrogen-bond acceptors (Lipinski definition) is 4. The fourth-order valence-electron chi connectivity index (χ4n) is 1.14. The first-order chi connectivity index (χ1) is 8.13. The van der Waals surface area contributed by atoms with Gasteiger partial charge in [0.2, 0.25) is 0 Å². The number of nitrogens with two attached hydrogens (primary N) is 1. The molecular formula is C11H15N3O3. The molecule has 0 aliphatic rings. The molecule has 0 unspecified atom stereocenters. The number of nitrogens with one attached hydrogen (secondary N) is 2. The summed E-state index contributed by atoms with van der Waals surface area (Å²) in [4.78, 5) is 22.4. The van der Waals surface area contributed by atoms with Gasteiger partial charge in [-0.15, -0.1) is 0 Å². The van der Waals surface area contributed by atoms with E-state index in [2.05, 4.69) is 15.4 Å². The lowest BCUT2D eigenvalue weighted by atomic mass is 10.3. The van der Waals surface area contributed by atoms with Crippen LogP contribution in [0.1, 0.15) is 6.92 Å². The molecule has 2 amide bonds. The minimum absolute atomic E-state index is 0.174. The molecule has 0 aliphatic carbocycles. The van der Waals surface area contributed by atoms with Gasteiger partial charge in [0.15, 0.2) is 0 Å². The Morgan fingerprint density at radius 2 is 2.06 bits per heavy atom. The minimum atomic E-state index is -0.504. The van der Waals surface area contributed by atoms with Crippen molar-refractivity contribution >= 4 is 23.4 Å². The van der Waals surface area contributed by atoms with Gasteiger partial charge in [-0.1, -0.05) is 12.1 Å². The number of para-hydroxylation sites is 2. The molecule has 0 heterocycles. The normalized spacial score (nSPS) is 9.47. The first-order valence-corrected chi connectivity index (χ1v) is 5.18. The lowest BCUT2D eigenvalue weighted by molar-refractivity contribution is -0.141. The van der Waals surface area contributed by atoms with E-state index in [-0.39, 0.29) is 13.2 Å². The Kier molecular flexibility index (Phi) is 4.80. The second-order valence-electron chi connectivity index (χ2n) is 3.20. The van der Waals surface area contributed by atoms with Crippen LogP contribution in [-0.2, 0) is 9.53 Å². The number of rotatable bonds is 4. The molecule has 4 N–H and O–H groups in total. The summed E-state index contributed by atoms with van der Waals surface area (Å²) in [5.74, 6) is -0.483. The highest BCUT2D eigenvalue weighted by Gasteiger charge is 2.06. The highest BCUT2D eigenvalue weighted by molar-refractivity contribution is 5.94. The van der Waals surface area contributed by atoms with Crippen LogP contribution in [0.4, 0.5) is 16.2 Å². The summed E-state index contributed by atoms with van der Waals surface area (Å²) in [6.45, 7) is 1.81. The fourth-order valence-corrected chi connectivity index (χ4v) is 1.14. The van der Waals surface area contributed by atoms with Crippen LogP contribution in [0, 0.1) is 0 Å². The Balaban J connectivity index is 2.40. The number of anilines is 2. The van der Waals surface area contributed by atoms with Gasteiger partial charge in [-0.05, 0) is 19.1 Å². The van der Waals surface area contributed by atoms with Gasteiger partial charge in [0, 0.05) is 0 Å². The van der Waals surface area contributed by atoms with Crippen LogP contribution in [-0.4, -0.2) is 25.2 Å². The van der Waals surface area contributed by atoms with Gasteiger partial charge in [-0.3, -0.25) is 4.79 Å². The highest BCUT2D eigenvalue weighted by atomic mass is 16.5. The number of benzene rings is 1. The first kappa shape index (κ1) is 12.8. The van der Waals surface area contributed by atoms with E-state index in [1.54, 1.807) is 31.2 Å². The van der Waals surface area contributed by atoms with Gasteiger partial charge in [0.1, 0.15) is 6.54 Å². The zero-order valence-electron chi connectivity index (χ0n) is 9.53. The van der Waals surface area contributed by atoms with Gasteiger partial charge in [0.25, 0.3) is 0 Å². The molecule has 0 radical (unpaired) electrons. The smallest absolute Gasteiger partial charge is 0.325 e. The zero-order chi connectivity index (χ0) is 12.7. The van der Waals surface area contributed by atoms with Crippen LogP contribution in [0.2, 0.25) is 0 Å². The predicted molar refractivity (Wildman–Crippen MR) is 64.5 cm³/mol. The standard InChI is InChI=1S/C11H15N3O3/c1-2-17-10(15)7-13-11(16)14-9-6-4-3-5-8(9)12/h3-6H,2,7,12H2,1H3,(H2,13,14,16). The number of amides is 2. The van der Waals surface area contributed by atoms with E-state index in [0.717, 1.165) is 0 Å². The SMILES string of the molecule is CCOC(=O)CNC(=O)Nc1ccccc1N. The first-order valence-electron chi connectivity index (χ1n) is 5.18. The minimum Gasteiger partial charge on any atom is -0.465 e. The van der Waals surface area contributed by atoms with Crippen molar-refractivity contribution < 1.29 is 14.3 Å². The topological polar surface area (TPSA) is 93.4 Å². The number of hydrogen-bond donors (Lipinski definition) is 3. The molecule has 92 valence electrons. The molecule has 0 fully saturated rings. The number of carbonyl (C=O) groups excluding carboxylic acids is 2. The summed E-state index contributed by atoms with van der Waals surface area (Å²) >= 11 is 0. The summed E-state index contributed by atoms with van der Waals surface area (Å²) in [5.41, 5.74) is 6.59. The summed E-state index contributed by atoms with van der Waals surface area (Å²) in [7, 11) is 0. The van der Waals surface area contributed by atoms with Gasteiger partial charge in [0.05, 0.1) is 18.0 Å². The Morgan fingerprint density at radius 3 is 2.71 bits per heavy atom. The number of ether oxygens (including phenoxy) is 1. The second kappa shape index (κ2) is 6.37. The van der Waals surface area contributed by atoms with Gasteiger partial charge in [-0.25, -0.2) is 4.79 Å². The molecule has 0 saturated carbocycles. The van der Waals surface area contributed by atoms with E-state index in [1.807, 2.05) is 0 Å². The Bertz CT molecular complexity index is 407. The summed E-state index contributed by atoms with van der Waals surface area (Å²) in [6, 6.07) is 6.34. The number of nitrogen functional groups attached to an aromatic ring is 1. The van der Waals surface area contributed by atoms with E-state index < -0.39 is 12.0 Å². The van der Waals surface area contributed by atoms with Crippen molar-refractivity contribution in [3.8, 4) is 0 Å².